The zero-order valence-corrected chi connectivity index (χ0v) is 12.3. The van der Waals surface area contributed by atoms with Gasteiger partial charge in [0.25, 0.3) is 5.56 Å². The lowest BCUT2D eigenvalue weighted by Crippen LogP contribution is -2.16. The van der Waals surface area contributed by atoms with Gasteiger partial charge in [0.2, 0.25) is 0 Å². The van der Waals surface area contributed by atoms with Crippen molar-refractivity contribution in [2.24, 2.45) is 0 Å². The summed E-state index contributed by atoms with van der Waals surface area (Å²) >= 11 is 5.88. The summed E-state index contributed by atoms with van der Waals surface area (Å²) in [5.41, 5.74) is 2.73. The first-order valence-electron chi connectivity index (χ1n) is 6.64. The van der Waals surface area contributed by atoms with Gasteiger partial charge < -0.3 is 5.32 Å². The maximum atomic E-state index is 12.1. The van der Waals surface area contributed by atoms with E-state index in [0.717, 1.165) is 11.3 Å². The van der Waals surface area contributed by atoms with E-state index >= 15 is 0 Å². The third-order valence-electron chi connectivity index (χ3n) is 3.18. The molecule has 0 atom stereocenters. The minimum absolute atomic E-state index is 0.165. The zero-order chi connectivity index (χ0) is 15.5. The molecule has 0 unspecified atom stereocenters. The number of anilines is 1. The van der Waals surface area contributed by atoms with Crippen LogP contribution in [0.25, 0.3) is 5.65 Å². The molecule has 0 amide bonds. The Balaban J connectivity index is 1.87. The maximum Gasteiger partial charge on any atom is 0.258 e. The van der Waals surface area contributed by atoms with E-state index in [1.165, 1.54) is 10.5 Å². The van der Waals surface area contributed by atoms with E-state index < -0.39 is 0 Å². The summed E-state index contributed by atoms with van der Waals surface area (Å²) in [5, 5.41) is 3.70. The molecule has 3 rings (SSSR count). The van der Waals surface area contributed by atoms with E-state index in [4.69, 9.17) is 18.0 Å². The molecule has 0 fully saturated rings. The van der Waals surface area contributed by atoms with E-state index in [-0.39, 0.29) is 5.56 Å². The first kappa shape index (κ1) is 14.2. The van der Waals surface area contributed by atoms with Crippen LogP contribution in [-0.4, -0.2) is 9.38 Å². The normalized spacial score (nSPS) is 10.4. The second kappa shape index (κ2) is 5.92. The number of benzene rings is 1. The van der Waals surface area contributed by atoms with E-state index in [0.29, 0.717) is 22.9 Å². The molecular formula is C17H12ClN3O. The lowest BCUT2D eigenvalue weighted by atomic mass is 10.2. The van der Waals surface area contributed by atoms with Crippen molar-refractivity contribution in [3.63, 3.8) is 0 Å². The molecule has 0 aliphatic heterocycles. The smallest absolute Gasteiger partial charge is 0.258 e. The highest BCUT2D eigenvalue weighted by Gasteiger charge is 2.03. The minimum Gasteiger partial charge on any atom is -0.379 e. The third kappa shape index (κ3) is 2.95. The van der Waals surface area contributed by atoms with E-state index in [2.05, 4.69) is 16.2 Å². The number of rotatable bonds is 3. The molecule has 3 aromatic rings. The Hall–Kier alpha value is -2.77. The fourth-order valence-electron chi connectivity index (χ4n) is 2.13. The average molecular weight is 310 g/mol. The molecule has 1 N–H and O–H groups in total. The fourth-order valence-corrected chi connectivity index (χ4v) is 2.29. The van der Waals surface area contributed by atoms with Crippen molar-refractivity contribution in [1.82, 2.24) is 9.38 Å². The number of nitrogens with one attached hydrogen (secondary N) is 1. The van der Waals surface area contributed by atoms with Gasteiger partial charge >= 0.3 is 0 Å². The van der Waals surface area contributed by atoms with Crippen molar-refractivity contribution < 1.29 is 0 Å². The van der Waals surface area contributed by atoms with Gasteiger partial charge in [-0.2, -0.15) is 0 Å². The molecule has 0 bridgehead atoms. The van der Waals surface area contributed by atoms with Crippen molar-refractivity contribution in [1.29, 1.82) is 0 Å². The van der Waals surface area contributed by atoms with Crippen molar-refractivity contribution in [2.75, 3.05) is 5.32 Å². The van der Waals surface area contributed by atoms with Crippen LogP contribution in [0.2, 0.25) is 5.02 Å². The van der Waals surface area contributed by atoms with Gasteiger partial charge in [-0.25, -0.2) is 4.98 Å². The molecule has 1 aromatic carbocycles. The van der Waals surface area contributed by atoms with Crippen LogP contribution in [-0.2, 0) is 6.54 Å². The van der Waals surface area contributed by atoms with Crippen LogP contribution in [0.5, 0.6) is 0 Å². The Morgan fingerprint density at radius 3 is 2.95 bits per heavy atom. The summed E-state index contributed by atoms with van der Waals surface area (Å²) in [6, 6.07) is 12.4. The predicted molar refractivity (Wildman–Crippen MR) is 88.2 cm³/mol. The summed E-state index contributed by atoms with van der Waals surface area (Å²) < 4.78 is 1.42. The number of nitrogens with zero attached hydrogens (tertiary/aromatic N) is 2. The molecule has 22 heavy (non-hydrogen) atoms. The van der Waals surface area contributed by atoms with Gasteiger partial charge in [0.05, 0.1) is 17.3 Å². The number of pyridine rings is 1. The van der Waals surface area contributed by atoms with Gasteiger partial charge in [-0.3, -0.25) is 9.20 Å². The Kier molecular flexibility index (Phi) is 3.82. The van der Waals surface area contributed by atoms with Crippen LogP contribution in [0.1, 0.15) is 11.3 Å². The van der Waals surface area contributed by atoms with Crippen LogP contribution in [0.3, 0.4) is 0 Å². The second-order valence-corrected chi connectivity index (χ2v) is 5.18. The van der Waals surface area contributed by atoms with Crippen molar-refractivity contribution in [2.45, 2.75) is 6.54 Å². The molecule has 5 heteroatoms. The molecule has 0 saturated carbocycles. The van der Waals surface area contributed by atoms with Gasteiger partial charge in [0.1, 0.15) is 5.65 Å². The predicted octanol–water partition coefficient (Wildman–Crippen LogP) is 2.94. The van der Waals surface area contributed by atoms with Gasteiger partial charge in [0.15, 0.2) is 0 Å². The van der Waals surface area contributed by atoms with Gasteiger partial charge in [-0.1, -0.05) is 23.6 Å². The Morgan fingerprint density at radius 1 is 1.27 bits per heavy atom. The van der Waals surface area contributed by atoms with Crippen LogP contribution >= 0.6 is 11.6 Å². The van der Waals surface area contributed by atoms with Crippen LogP contribution in [0.15, 0.2) is 53.5 Å². The van der Waals surface area contributed by atoms with Gasteiger partial charge in [-0.15, -0.1) is 6.42 Å². The van der Waals surface area contributed by atoms with Crippen molar-refractivity contribution in [3.05, 3.63) is 75.3 Å². The van der Waals surface area contributed by atoms with E-state index in [1.807, 2.05) is 24.3 Å². The number of terminal acetylenes is 1. The number of hydrogen-bond donors (Lipinski definition) is 1. The lowest BCUT2D eigenvalue weighted by molar-refractivity contribution is 0.971. The number of aromatic nitrogens is 2. The number of halogens is 1. The molecule has 4 nitrogen and oxygen atoms in total. The molecule has 108 valence electrons. The van der Waals surface area contributed by atoms with Crippen molar-refractivity contribution in [3.8, 4) is 12.3 Å². The molecule has 2 heterocycles. The molecule has 2 aromatic heterocycles. The summed E-state index contributed by atoms with van der Waals surface area (Å²) in [7, 11) is 0. The van der Waals surface area contributed by atoms with Crippen LogP contribution < -0.4 is 10.9 Å². The topological polar surface area (TPSA) is 46.4 Å². The summed E-state index contributed by atoms with van der Waals surface area (Å²) in [5.74, 6) is 2.58. The van der Waals surface area contributed by atoms with Crippen LogP contribution in [0, 0.1) is 12.3 Å². The number of hydrogen-bond acceptors (Lipinski definition) is 3. The Labute approximate surface area is 132 Å². The monoisotopic (exact) mass is 309 g/mol. The summed E-state index contributed by atoms with van der Waals surface area (Å²) in [6.45, 7) is 0.433. The number of fused-ring (bicyclic) bond motifs is 1. The molecule has 0 spiro atoms. The average Bonchev–Trinajstić information content (AvgIpc) is 2.54. The SMILES string of the molecule is C#Cc1cccc(NCc2cc(=O)n3cc(Cl)ccc3n2)c1. The molecule has 0 aliphatic carbocycles. The summed E-state index contributed by atoms with van der Waals surface area (Å²) in [4.78, 5) is 16.5. The maximum absolute atomic E-state index is 12.1. The van der Waals surface area contributed by atoms with Crippen molar-refractivity contribution >= 4 is 22.9 Å². The first-order valence-corrected chi connectivity index (χ1v) is 7.02. The highest BCUT2D eigenvalue weighted by molar-refractivity contribution is 6.30. The minimum atomic E-state index is -0.165. The molecule has 0 radical (unpaired) electrons. The fraction of sp³-hybridized carbons (Fsp3) is 0.0588. The van der Waals surface area contributed by atoms with E-state index in [9.17, 15) is 4.79 Å². The standard InChI is InChI=1S/C17H12ClN3O/c1-2-12-4-3-5-14(8-12)19-10-15-9-17(22)21-11-13(18)6-7-16(21)20-15/h1,3-9,11,19H,10H2. The molecular weight excluding hydrogens is 298 g/mol. The highest BCUT2D eigenvalue weighted by atomic mass is 35.5. The van der Waals surface area contributed by atoms with E-state index in [1.54, 1.807) is 18.3 Å². The third-order valence-corrected chi connectivity index (χ3v) is 3.40. The molecule has 0 aliphatic rings. The van der Waals surface area contributed by atoms with Gasteiger partial charge in [0, 0.05) is 23.5 Å². The Morgan fingerprint density at radius 2 is 2.14 bits per heavy atom. The lowest BCUT2D eigenvalue weighted by Gasteiger charge is -2.08. The Bertz CT molecular complexity index is 941. The van der Waals surface area contributed by atoms with Crippen LogP contribution in [0.4, 0.5) is 5.69 Å². The highest BCUT2D eigenvalue weighted by Crippen LogP contribution is 2.12. The quantitative estimate of drug-likeness (QED) is 0.757. The summed E-state index contributed by atoms with van der Waals surface area (Å²) in [6.07, 6.45) is 6.93. The molecule has 0 saturated heterocycles. The van der Waals surface area contributed by atoms with Gasteiger partial charge in [-0.05, 0) is 30.3 Å². The zero-order valence-electron chi connectivity index (χ0n) is 11.6. The second-order valence-electron chi connectivity index (χ2n) is 4.74. The first-order chi connectivity index (χ1) is 10.7. The largest absolute Gasteiger partial charge is 0.379 e.